The number of rotatable bonds is 2. The summed E-state index contributed by atoms with van der Waals surface area (Å²) in [5.41, 5.74) is -0.0714. The van der Waals surface area contributed by atoms with Gasteiger partial charge in [-0.1, -0.05) is 6.42 Å². The van der Waals surface area contributed by atoms with Crippen LogP contribution < -0.4 is 4.74 Å². The van der Waals surface area contributed by atoms with Crippen molar-refractivity contribution in [3.63, 3.8) is 0 Å². The van der Waals surface area contributed by atoms with Crippen LogP contribution >= 0.6 is 11.8 Å². The van der Waals surface area contributed by atoms with E-state index < -0.39 is 5.60 Å². The van der Waals surface area contributed by atoms with Gasteiger partial charge in [0.1, 0.15) is 17.0 Å². The summed E-state index contributed by atoms with van der Waals surface area (Å²) in [5.74, 6) is 0.713. The highest BCUT2D eigenvalue weighted by molar-refractivity contribution is 8.00. The standard InChI is InChI=1S/C14H19NO2S/c1-17-12-6-3-7-15-13(12)14(16)8-10-4-2-5-11(9-14)18-10/h3,6-7,10-11,16H,2,4-5,8-9H2,1H3. The first-order valence-corrected chi connectivity index (χ1v) is 7.53. The van der Waals surface area contributed by atoms with E-state index in [9.17, 15) is 5.11 Å². The monoisotopic (exact) mass is 265 g/mol. The van der Waals surface area contributed by atoms with Crippen LogP contribution in [0.2, 0.25) is 0 Å². The fourth-order valence-electron chi connectivity index (χ4n) is 3.22. The van der Waals surface area contributed by atoms with E-state index in [1.54, 1.807) is 13.3 Å². The third-order valence-corrected chi connectivity index (χ3v) is 5.57. The second kappa shape index (κ2) is 4.74. The zero-order valence-corrected chi connectivity index (χ0v) is 11.4. The van der Waals surface area contributed by atoms with Gasteiger partial charge in [-0.15, -0.1) is 0 Å². The van der Waals surface area contributed by atoms with Gasteiger partial charge in [-0.05, 0) is 37.8 Å². The topological polar surface area (TPSA) is 42.4 Å². The molecule has 2 atom stereocenters. The number of aliphatic hydroxyl groups is 1. The summed E-state index contributed by atoms with van der Waals surface area (Å²) >= 11 is 2.05. The van der Waals surface area contributed by atoms with Crippen molar-refractivity contribution in [2.45, 2.75) is 48.2 Å². The minimum absolute atomic E-state index is 0.578. The number of methoxy groups -OCH3 is 1. The smallest absolute Gasteiger partial charge is 0.143 e. The summed E-state index contributed by atoms with van der Waals surface area (Å²) < 4.78 is 5.36. The summed E-state index contributed by atoms with van der Waals surface area (Å²) in [6.45, 7) is 0. The van der Waals surface area contributed by atoms with Crippen LogP contribution in [0.4, 0.5) is 0 Å². The van der Waals surface area contributed by atoms with E-state index in [-0.39, 0.29) is 0 Å². The summed E-state index contributed by atoms with van der Waals surface area (Å²) in [4.78, 5) is 4.39. The van der Waals surface area contributed by atoms with Crippen molar-refractivity contribution in [1.29, 1.82) is 0 Å². The molecule has 0 radical (unpaired) electrons. The quantitative estimate of drug-likeness (QED) is 0.893. The second-order valence-corrected chi connectivity index (χ2v) is 6.91. The molecule has 2 aliphatic rings. The molecule has 3 heterocycles. The molecule has 2 bridgehead atoms. The van der Waals surface area contributed by atoms with E-state index in [0.29, 0.717) is 16.2 Å². The first kappa shape index (κ1) is 12.3. The SMILES string of the molecule is COc1cccnc1C1(O)CC2CCCC(C1)S2. The van der Waals surface area contributed by atoms with Crippen LogP contribution in [-0.4, -0.2) is 27.7 Å². The highest BCUT2D eigenvalue weighted by Crippen LogP contribution is 2.50. The van der Waals surface area contributed by atoms with Crippen LogP contribution in [0.25, 0.3) is 0 Å². The van der Waals surface area contributed by atoms with Gasteiger partial charge in [0.05, 0.1) is 7.11 Å². The van der Waals surface area contributed by atoms with E-state index in [4.69, 9.17) is 4.74 Å². The molecular formula is C14H19NO2S. The first-order chi connectivity index (χ1) is 8.71. The lowest BCUT2D eigenvalue weighted by atomic mass is 9.82. The molecule has 3 nitrogen and oxygen atoms in total. The average molecular weight is 265 g/mol. The molecule has 0 spiro atoms. The van der Waals surface area contributed by atoms with Gasteiger partial charge < -0.3 is 9.84 Å². The summed E-state index contributed by atoms with van der Waals surface area (Å²) in [6, 6.07) is 3.74. The molecule has 2 fully saturated rings. The fourth-order valence-corrected chi connectivity index (χ4v) is 5.11. The number of pyridine rings is 1. The molecule has 2 saturated heterocycles. The van der Waals surface area contributed by atoms with Gasteiger partial charge in [0.2, 0.25) is 0 Å². The van der Waals surface area contributed by atoms with Crippen molar-refractivity contribution in [3.8, 4) is 5.75 Å². The Kier molecular flexibility index (Phi) is 3.24. The normalized spacial score (nSPS) is 35.2. The molecular weight excluding hydrogens is 246 g/mol. The van der Waals surface area contributed by atoms with Crippen LogP contribution in [0.5, 0.6) is 5.75 Å². The number of fused-ring (bicyclic) bond motifs is 2. The lowest BCUT2D eigenvalue weighted by molar-refractivity contribution is 0.00188. The van der Waals surface area contributed by atoms with Gasteiger partial charge in [0, 0.05) is 16.7 Å². The third-order valence-electron chi connectivity index (χ3n) is 4.00. The molecule has 0 aliphatic carbocycles. The van der Waals surface area contributed by atoms with Gasteiger partial charge in [0.15, 0.2) is 0 Å². The molecule has 0 amide bonds. The van der Waals surface area contributed by atoms with E-state index in [2.05, 4.69) is 16.7 Å². The van der Waals surface area contributed by atoms with Gasteiger partial charge in [-0.25, -0.2) is 0 Å². The summed E-state index contributed by atoms with van der Waals surface area (Å²) in [5, 5.41) is 12.2. The molecule has 2 unspecified atom stereocenters. The lowest BCUT2D eigenvalue weighted by Gasteiger charge is -2.43. The lowest BCUT2D eigenvalue weighted by Crippen LogP contribution is -2.41. The number of hydrogen-bond donors (Lipinski definition) is 1. The predicted octanol–water partition coefficient (Wildman–Crippen LogP) is 2.73. The summed E-state index contributed by atoms with van der Waals surface area (Å²) in [7, 11) is 1.64. The highest BCUT2D eigenvalue weighted by Gasteiger charge is 2.44. The Hall–Kier alpha value is -0.740. The van der Waals surface area contributed by atoms with E-state index in [1.807, 2.05) is 12.1 Å². The molecule has 3 rings (SSSR count). The highest BCUT2D eigenvalue weighted by atomic mass is 32.2. The van der Waals surface area contributed by atoms with Gasteiger partial charge in [0.25, 0.3) is 0 Å². The second-order valence-electron chi connectivity index (χ2n) is 5.31. The Balaban J connectivity index is 1.94. The number of thioether (sulfide) groups is 1. The Morgan fingerprint density at radius 2 is 2.11 bits per heavy atom. The van der Waals surface area contributed by atoms with Crippen molar-refractivity contribution in [2.24, 2.45) is 0 Å². The molecule has 1 aromatic rings. The Morgan fingerprint density at radius 3 is 2.78 bits per heavy atom. The van der Waals surface area contributed by atoms with E-state index in [1.165, 1.54) is 19.3 Å². The molecule has 1 aromatic heterocycles. The molecule has 98 valence electrons. The Morgan fingerprint density at radius 1 is 1.39 bits per heavy atom. The van der Waals surface area contributed by atoms with Crippen molar-refractivity contribution in [2.75, 3.05) is 7.11 Å². The largest absolute Gasteiger partial charge is 0.495 e. The maximum Gasteiger partial charge on any atom is 0.143 e. The van der Waals surface area contributed by atoms with Crippen molar-refractivity contribution < 1.29 is 9.84 Å². The van der Waals surface area contributed by atoms with E-state index >= 15 is 0 Å². The Bertz CT molecular complexity index is 426. The molecule has 4 heteroatoms. The van der Waals surface area contributed by atoms with E-state index in [0.717, 1.165) is 18.5 Å². The molecule has 0 saturated carbocycles. The van der Waals surface area contributed by atoms with Crippen LogP contribution in [-0.2, 0) is 5.60 Å². The molecule has 18 heavy (non-hydrogen) atoms. The third kappa shape index (κ3) is 2.12. The van der Waals surface area contributed by atoms with Crippen molar-refractivity contribution >= 4 is 11.8 Å². The van der Waals surface area contributed by atoms with Crippen LogP contribution in [0.1, 0.15) is 37.8 Å². The number of ether oxygens (including phenoxy) is 1. The first-order valence-electron chi connectivity index (χ1n) is 6.58. The zero-order valence-electron chi connectivity index (χ0n) is 10.6. The predicted molar refractivity (Wildman–Crippen MR) is 72.9 cm³/mol. The van der Waals surface area contributed by atoms with Crippen molar-refractivity contribution in [1.82, 2.24) is 4.98 Å². The minimum Gasteiger partial charge on any atom is -0.495 e. The number of aromatic nitrogens is 1. The zero-order chi connectivity index (χ0) is 12.6. The van der Waals surface area contributed by atoms with Crippen LogP contribution in [0, 0.1) is 0 Å². The number of nitrogens with zero attached hydrogens (tertiary/aromatic N) is 1. The molecule has 0 aromatic carbocycles. The molecule has 2 aliphatic heterocycles. The maximum absolute atomic E-state index is 11.0. The molecule has 1 N–H and O–H groups in total. The fraction of sp³-hybridized carbons (Fsp3) is 0.643. The Labute approximate surface area is 112 Å². The van der Waals surface area contributed by atoms with Crippen LogP contribution in [0.15, 0.2) is 18.3 Å². The van der Waals surface area contributed by atoms with Gasteiger partial charge in [-0.3, -0.25) is 4.98 Å². The van der Waals surface area contributed by atoms with Crippen molar-refractivity contribution in [3.05, 3.63) is 24.0 Å². The minimum atomic E-state index is -0.798. The van der Waals surface area contributed by atoms with Gasteiger partial charge in [-0.2, -0.15) is 11.8 Å². The van der Waals surface area contributed by atoms with Gasteiger partial charge >= 0.3 is 0 Å². The van der Waals surface area contributed by atoms with Crippen LogP contribution in [0.3, 0.4) is 0 Å². The average Bonchev–Trinajstić information content (AvgIpc) is 2.38. The maximum atomic E-state index is 11.0. The number of hydrogen-bond acceptors (Lipinski definition) is 4. The summed E-state index contributed by atoms with van der Waals surface area (Å²) in [6.07, 6.45) is 7.10.